The van der Waals surface area contributed by atoms with Crippen molar-refractivity contribution in [1.29, 1.82) is 5.26 Å². The third-order valence-corrected chi connectivity index (χ3v) is 5.18. The highest BCUT2D eigenvalue weighted by atomic mass is 32.1. The summed E-state index contributed by atoms with van der Waals surface area (Å²) in [4.78, 5) is 5.00. The topological polar surface area (TPSA) is 74.7 Å². The molecule has 3 rings (SSSR count). The lowest BCUT2D eigenvalue weighted by Crippen LogP contribution is -2.31. The molecule has 3 N–H and O–H groups in total. The van der Waals surface area contributed by atoms with Gasteiger partial charge >= 0.3 is 6.18 Å². The average Bonchev–Trinajstić information content (AvgIpc) is 3.15. The zero-order valence-electron chi connectivity index (χ0n) is 15.0. The molecular formula is C20H16F4N4S. The molecule has 0 spiro atoms. The zero-order chi connectivity index (χ0) is 21.0. The van der Waals surface area contributed by atoms with E-state index in [4.69, 9.17) is 11.0 Å². The van der Waals surface area contributed by atoms with Gasteiger partial charge in [-0.1, -0.05) is 29.5 Å². The standard InChI is InChI=1S/C20H16F4N4S/c21-17-6-3-13(8-14(17)9-25)18-11-28-19(29-18)27-10-16(26)7-12-1-4-15(5-2-12)20(22,23)24/h1-6,8,11,16H,7,10,26H2,(H,27,28)/t16-/m0/s1. The highest BCUT2D eigenvalue weighted by molar-refractivity contribution is 7.18. The van der Waals surface area contributed by atoms with Gasteiger partial charge in [-0.15, -0.1) is 0 Å². The molecule has 0 aliphatic carbocycles. The molecule has 29 heavy (non-hydrogen) atoms. The maximum atomic E-state index is 13.4. The molecule has 0 radical (unpaired) electrons. The monoisotopic (exact) mass is 420 g/mol. The molecule has 0 bridgehead atoms. The second-order valence-corrected chi connectivity index (χ2v) is 7.41. The van der Waals surface area contributed by atoms with E-state index >= 15 is 0 Å². The highest BCUT2D eigenvalue weighted by Gasteiger charge is 2.29. The molecule has 3 aromatic rings. The van der Waals surface area contributed by atoms with Gasteiger partial charge in [0.2, 0.25) is 0 Å². The smallest absolute Gasteiger partial charge is 0.360 e. The number of alkyl halides is 3. The molecule has 9 heteroatoms. The number of nitrogens with one attached hydrogen (secondary N) is 1. The number of anilines is 1. The Balaban J connectivity index is 1.57. The van der Waals surface area contributed by atoms with Gasteiger partial charge in [0.1, 0.15) is 11.9 Å². The Labute approximate surface area is 168 Å². The van der Waals surface area contributed by atoms with Gasteiger partial charge in [0.15, 0.2) is 5.13 Å². The number of hydrogen-bond donors (Lipinski definition) is 2. The van der Waals surface area contributed by atoms with E-state index in [-0.39, 0.29) is 11.6 Å². The van der Waals surface area contributed by atoms with Crippen LogP contribution in [0.1, 0.15) is 16.7 Å². The maximum absolute atomic E-state index is 13.4. The van der Waals surface area contributed by atoms with Crippen molar-refractivity contribution >= 4 is 16.5 Å². The molecular weight excluding hydrogens is 404 g/mol. The van der Waals surface area contributed by atoms with Gasteiger partial charge in [0.25, 0.3) is 0 Å². The molecule has 0 fully saturated rings. The van der Waals surface area contributed by atoms with Crippen molar-refractivity contribution in [3.05, 3.63) is 71.2 Å². The minimum atomic E-state index is -4.36. The Kier molecular flexibility index (Phi) is 6.15. The lowest BCUT2D eigenvalue weighted by Gasteiger charge is -2.13. The van der Waals surface area contributed by atoms with Crippen LogP contribution in [0.5, 0.6) is 0 Å². The first-order chi connectivity index (χ1) is 13.8. The quantitative estimate of drug-likeness (QED) is 0.561. The largest absolute Gasteiger partial charge is 0.416 e. The van der Waals surface area contributed by atoms with Crippen molar-refractivity contribution in [2.24, 2.45) is 5.73 Å². The van der Waals surface area contributed by atoms with E-state index in [2.05, 4.69) is 10.3 Å². The Bertz CT molecular complexity index is 1020. The molecule has 1 heterocycles. The van der Waals surface area contributed by atoms with Gasteiger partial charge in [-0.2, -0.15) is 18.4 Å². The van der Waals surface area contributed by atoms with Crippen LogP contribution in [-0.4, -0.2) is 17.6 Å². The van der Waals surface area contributed by atoms with Crippen molar-refractivity contribution in [3.63, 3.8) is 0 Å². The van der Waals surface area contributed by atoms with Gasteiger partial charge in [0.05, 0.1) is 16.0 Å². The van der Waals surface area contributed by atoms with E-state index < -0.39 is 17.6 Å². The minimum absolute atomic E-state index is 0.0380. The molecule has 0 aliphatic rings. The maximum Gasteiger partial charge on any atom is 0.416 e. The van der Waals surface area contributed by atoms with Gasteiger partial charge in [-0.05, 0) is 41.8 Å². The summed E-state index contributed by atoms with van der Waals surface area (Å²) >= 11 is 1.33. The van der Waals surface area contributed by atoms with Crippen LogP contribution in [0.2, 0.25) is 0 Å². The number of thiazole rings is 1. The fourth-order valence-corrected chi connectivity index (χ4v) is 3.50. The Hall–Kier alpha value is -2.96. The first-order valence-corrected chi connectivity index (χ1v) is 9.39. The summed E-state index contributed by atoms with van der Waals surface area (Å²) in [6, 6.07) is 10.7. The molecule has 0 aliphatic heterocycles. The molecule has 0 saturated carbocycles. The van der Waals surface area contributed by atoms with Crippen molar-refractivity contribution < 1.29 is 17.6 Å². The second-order valence-electron chi connectivity index (χ2n) is 6.38. The lowest BCUT2D eigenvalue weighted by atomic mass is 10.0. The fourth-order valence-electron chi connectivity index (χ4n) is 2.68. The first kappa shape index (κ1) is 20.8. The third-order valence-electron chi connectivity index (χ3n) is 4.17. The number of hydrogen-bond acceptors (Lipinski definition) is 5. The number of rotatable bonds is 6. The number of benzene rings is 2. The predicted molar refractivity (Wildman–Crippen MR) is 104 cm³/mol. The van der Waals surface area contributed by atoms with Crippen molar-refractivity contribution in [2.45, 2.75) is 18.6 Å². The van der Waals surface area contributed by atoms with Crippen molar-refractivity contribution in [1.82, 2.24) is 4.98 Å². The average molecular weight is 420 g/mol. The van der Waals surface area contributed by atoms with Crippen molar-refractivity contribution in [2.75, 3.05) is 11.9 Å². The van der Waals surface area contributed by atoms with Gasteiger partial charge in [0, 0.05) is 18.8 Å². The van der Waals surface area contributed by atoms with E-state index in [1.165, 1.54) is 35.6 Å². The Morgan fingerprint density at radius 3 is 2.55 bits per heavy atom. The summed E-state index contributed by atoms with van der Waals surface area (Å²) < 4.78 is 51.3. The number of aromatic nitrogens is 1. The van der Waals surface area contributed by atoms with Crippen LogP contribution in [-0.2, 0) is 12.6 Å². The van der Waals surface area contributed by atoms with E-state index in [0.29, 0.717) is 29.2 Å². The fraction of sp³-hybridized carbons (Fsp3) is 0.200. The minimum Gasteiger partial charge on any atom is -0.360 e. The molecule has 0 unspecified atom stereocenters. The number of nitriles is 1. The van der Waals surface area contributed by atoms with Gasteiger partial charge < -0.3 is 11.1 Å². The van der Waals surface area contributed by atoms with E-state index in [1.54, 1.807) is 18.3 Å². The van der Waals surface area contributed by atoms with Crippen LogP contribution >= 0.6 is 11.3 Å². The third kappa shape index (κ3) is 5.31. The summed E-state index contributed by atoms with van der Waals surface area (Å²) in [6.07, 6.45) is -2.33. The molecule has 1 atom stereocenters. The summed E-state index contributed by atoms with van der Waals surface area (Å²) in [5.74, 6) is -0.576. The number of nitrogens with two attached hydrogens (primary N) is 1. The highest BCUT2D eigenvalue weighted by Crippen LogP contribution is 2.30. The van der Waals surface area contributed by atoms with Gasteiger partial charge in [-0.3, -0.25) is 0 Å². The SMILES string of the molecule is N#Cc1cc(-c2cnc(NC[C@@H](N)Cc3ccc(C(F)(F)F)cc3)s2)ccc1F. The molecule has 4 nitrogen and oxygen atoms in total. The van der Waals surface area contributed by atoms with Crippen LogP contribution in [0.3, 0.4) is 0 Å². The molecule has 1 aromatic heterocycles. The molecule has 150 valence electrons. The summed E-state index contributed by atoms with van der Waals surface area (Å²) in [5, 5.41) is 12.6. The van der Waals surface area contributed by atoms with Crippen LogP contribution < -0.4 is 11.1 Å². The van der Waals surface area contributed by atoms with Gasteiger partial charge in [-0.25, -0.2) is 9.37 Å². The summed E-state index contributed by atoms with van der Waals surface area (Å²) in [6.45, 7) is 0.376. The molecule has 0 amide bonds. The second kappa shape index (κ2) is 8.59. The molecule has 0 saturated heterocycles. The number of halogens is 4. The van der Waals surface area contributed by atoms with E-state index in [0.717, 1.165) is 17.0 Å². The van der Waals surface area contributed by atoms with E-state index in [9.17, 15) is 17.6 Å². The van der Waals surface area contributed by atoms with Crippen LogP contribution in [0.25, 0.3) is 10.4 Å². The Morgan fingerprint density at radius 2 is 1.90 bits per heavy atom. The summed E-state index contributed by atoms with van der Waals surface area (Å²) in [7, 11) is 0. The normalized spacial score (nSPS) is 12.4. The zero-order valence-corrected chi connectivity index (χ0v) is 15.8. The summed E-state index contributed by atoms with van der Waals surface area (Å²) in [5.41, 5.74) is 6.73. The van der Waals surface area contributed by atoms with E-state index in [1.807, 2.05) is 0 Å². The van der Waals surface area contributed by atoms with Crippen LogP contribution in [0.4, 0.5) is 22.7 Å². The van der Waals surface area contributed by atoms with Crippen molar-refractivity contribution in [3.8, 4) is 16.5 Å². The molecule has 2 aromatic carbocycles. The first-order valence-electron chi connectivity index (χ1n) is 8.57. The lowest BCUT2D eigenvalue weighted by molar-refractivity contribution is -0.137. The van der Waals surface area contributed by atoms with Crippen LogP contribution in [0.15, 0.2) is 48.7 Å². The Morgan fingerprint density at radius 1 is 1.17 bits per heavy atom. The predicted octanol–water partition coefficient (Wildman–Crippen LogP) is 4.82. The number of nitrogens with zero attached hydrogens (tertiary/aromatic N) is 2. The van der Waals surface area contributed by atoms with Crippen LogP contribution in [0, 0.1) is 17.1 Å².